The third-order valence-electron chi connectivity index (χ3n) is 5.77. The molecule has 31 heavy (non-hydrogen) atoms. The third kappa shape index (κ3) is 5.04. The lowest BCUT2D eigenvalue weighted by Crippen LogP contribution is -2.55. The average Bonchev–Trinajstić information content (AvgIpc) is 3.27. The van der Waals surface area contributed by atoms with Gasteiger partial charge < -0.3 is 34.6 Å². The summed E-state index contributed by atoms with van der Waals surface area (Å²) in [6, 6.07) is 13.0. The Hall–Kier alpha value is -1.71. The molecule has 0 aliphatic carbocycles. The highest BCUT2D eigenvalue weighted by Crippen LogP contribution is 2.34. The largest absolute Gasteiger partial charge is 0.488 e. The number of ether oxygens (including phenoxy) is 3. The molecule has 0 amide bonds. The van der Waals surface area contributed by atoms with E-state index in [2.05, 4.69) is 0 Å². The number of halogens is 1. The van der Waals surface area contributed by atoms with Gasteiger partial charge in [-0.3, -0.25) is 0 Å². The maximum absolute atomic E-state index is 10.4. The minimum absolute atomic E-state index is 0.0633. The van der Waals surface area contributed by atoms with Gasteiger partial charge in [0.05, 0.1) is 19.8 Å². The van der Waals surface area contributed by atoms with Crippen LogP contribution in [0.15, 0.2) is 42.5 Å². The number of rotatable bonds is 6. The lowest BCUT2D eigenvalue weighted by molar-refractivity contribution is -0.231. The van der Waals surface area contributed by atoms with Crippen molar-refractivity contribution in [3.63, 3.8) is 0 Å². The lowest BCUT2D eigenvalue weighted by Gasteiger charge is -2.40. The quantitative estimate of drug-likeness (QED) is 0.529. The van der Waals surface area contributed by atoms with Gasteiger partial charge in [-0.25, -0.2) is 0 Å². The molecule has 2 heterocycles. The van der Waals surface area contributed by atoms with Crippen LogP contribution in [0.4, 0.5) is 0 Å². The molecule has 2 aromatic rings. The smallest absolute Gasteiger partial charge is 0.124 e. The Morgan fingerprint density at radius 2 is 1.87 bits per heavy atom. The molecule has 4 N–H and O–H groups in total. The van der Waals surface area contributed by atoms with E-state index in [9.17, 15) is 20.4 Å². The molecule has 0 bridgehead atoms. The zero-order valence-electron chi connectivity index (χ0n) is 16.9. The maximum Gasteiger partial charge on any atom is 0.124 e. The van der Waals surface area contributed by atoms with E-state index in [-0.39, 0.29) is 6.10 Å². The fourth-order valence-electron chi connectivity index (χ4n) is 4.03. The van der Waals surface area contributed by atoms with Crippen LogP contribution in [0.3, 0.4) is 0 Å². The Kier molecular flexibility index (Phi) is 7.13. The Labute approximate surface area is 185 Å². The molecule has 6 unspecified atom stereocenters. The molecular formula is C23H27ClO7. The molecule has 0 spiro atoms. The fourth-order valence-corrected chi connectivity index (χ4v) is 4.22. The Morgan fingerprint density at radius 1 is 1.03 bits per heavy atom. The highest BCUT2D eigenvalue weighted by Gasteiger charge is 2.44. The molecule has 4 rings (SSSR count). The van der Waals surface area contributed by atoms with E-state index in [4.69, 9.17) is 25.8 Å². The molecule has 6 atom stereocenters. The van der Waals surface area contributed by atoms with Crippen LogP contribution >= 0.6 is 11.6 Å². The summed E-state index contributed by atoms with van der Waals surface area (Å²) in [6.45, 7) is 0.836. The fraction of sp³-hybridized carbons (Fsp3) is 0.478. The molecule has 0 radical (unpaired) electrons. The SMILES string of the molecule is OCC1OC(c2ccc(Cl)c(Cc3cccc(OC4CCOC4)c3)c2)C(O)C(O)C1O. The van der Waals surface area contributed by atoms with E-state index in [0.29, 0.717) is 30.2 Å². The van der Waals surface area contributed by atoms with Gasteiger partial charge in [-0.05, 0) is 41.3 Å². The van der Waals surface area contributed by atoms with E-state index in [1.165, 1.54) is 0 Å². The van der Waals surface area contributed by atoms with E-state index in [1.54, 1.807) is 12.1 Å². The van der Waals surface area contributed by atoms with Gasteiger partial charge in [0.1, 0.15) is 42.4 Å². The van der Waals surface area contributed by atoms with Crippen molar-refractivity contribution in [1.29, 1.82) is 0 Å². The Morgan fingerprint density at radius 3 is 2.61 bits per heavy atom. The molecule has 8 heteroatoms. The summed E-state index contributed by atoms with van der Waals surface area (Å²) in [7, 11) is 0. The molecule has 2 aliphatic heterocycles. The minimum atomic E-state index is -1.43. The molecule has 2 aliphatic rings. The van der Waals surface area contributed by atoms with Gasteiger partial charge in [-0.2, -0.15) is 0 Å². The first-order chi connectivity index (χ1) is 15.0. The van der Waals surface area contributed by atoms with Crippen LogP contribution in [0.1, 0.15) is 29.2 Å². The summed E-state index contributed by atoms with van der Waals surface area (Å²) in [6.07, 6.45) is -4.55. The van der Waals surface area contributed by atoms with Crippen molar-refractivity contribution in [1.82, 2.24) is 0 Å². The summed E-state index contributed by atoms with van der Waals surface area (Å²) in [5, 5.41) is 40.5. The van der Waals surface area contributed by atoms with Crippen molar-refractivity contribution < 1.29 is 34.6 Å². The maximum atomic E-state index is 10.4. The highest BCUT2D eigenvalue weighted by molar-refractivity contribution is 6.31. The summed E-state index contributed by atoms with van der Waals surface area (Å²) >= 11 is 6.43. The van der Waals surface area contributed by atoms with Crippen LogP contribution in [0, 0.1) is 0 Å². The van der Waals surface area contributed by atoms with E-state index < -0.39 is 37.1 Å². The minimum Gasteiger partial charge on any atom is -0.488 e. The summed E-state index contributed by atoms with van der Waals surface area (Å²) < 4.78 is 17.0. The van der Waals surface area contributed by atoms with Crippen LogP contribution in [0.25, 0.3) is 0 Å². The first kappa shape index (κ1) is 22.5. The standard InChI is InChI=1S/C23H27ClO7/c24-18-5-4-14(23-22(28)21(27)20(26)19(11-25)31-23)10-15(18)8-13-2-1-3-16(9-13)30-17-6-7-29-12-17/h1-5,9-10,17,19-23,25-28H,6-8,11-12H2. The molecule has 168 valence electrons. The highest BCUT2D eigenvalue weighted by atomic mass is 35.5. The summed E-state index contributed by atoms with van der Waals surface area (Å²) in [5.74, 6) is 0.772. The second-order valence-electron chi connectivity index (χ2n) is 8.03. The van der Waals surface area contributed by atoms with Crippen molar-refractivity contribution in [3.05, 3.63) is 64.2 Å². The Bertz CT molecular complexity index is 884. The summed E-state index contributed by atoms with van der Waals surface area (Å²) in [4.78, 5) is 0. The molecule has 2 fully saturated rings. The second kappa shape index (κ2) is 9.83. The van der Waals surface area contributed by atoms with Crippen LogP contribution in [-0.4, -0.2) is 70.8 Å². The van der Waals surface area contributed by atoms with Crippen molar-refractivity contribution in [3.8, 4) is 5.75 Å². The number of aliphatic hydroxyl groups excluding tert-OH is 4. The van der Waals surface area contributed by atoms with Crippen LogP contribution in [0.2, 0.25) is 5.02 Å². The van der Waals surface area contributed by atoms with Crippen molar-refractivity contribution in [2.75, 3.05) is 19.8 Å². The number of hydrogen-bond acceptors (Lipinski definition) is 7. The van der Waals surface area contributed by atoms with E-state index >= 15 is 0 Å². The van der Waals surface area contributed by atoms with Gasteiger partial charge in [0.15, 0.2) is 0 Å². The molecule has 2 saturated heterocycles. The molecule has 7 nitrogen and oxygen atoms in total. The predicted molar refractivity (Wildman–Crippen MR) is 113 cm³/mol. The van der Waals surface area contributed by atoms with Crippen LogP contribution < -0.4 is 4.74 Å². The van der Waals surface area contributed by atoms with Crippen molar-refractivity contribution in [2.45, 2.75) is 49.5 Å². The van der Waals surface area contributed by atoms with Gasteiger partial charge in [0.2, 0.25) is 0 Å². The first-order valence-electron chi connectivity index (χ1n) is 10.4. The van der Waals surface area contributed by atoms with Crippen molar-refractivity contribution in [2.24, 2.45) is 0 Å². The number of aliphatic hydroxyl groups is 4. The van der Waals surface area contributed by atoms with Crippen LogP contribution in [-0.2, 0) is 15.9 Å². The second-order valence-corrected chi connectivity index (χ2v) is 8.44. The van der Waals surface area contributed by atoms with E-state index in [0.717, 1.165) is 23.3 Å². The molecule has 0 saturated carbocycles. The van der Waals surface area contributed by atoms with Gasteiger partial charge in [-0.15, -0.1) is 0 Å². The Balaban J connectivity index is 1.53. The topological polar surface area (TPSA) is 109 Å². The van der Waals surface area contributed by atoms with Gasteiger partial charge >= 0.3 is 0 Å². The van der Waals surface area contributed by atoms with Crippen LogP contribution in [0.5, 0.6) is 5.75 Å². The lowest BCUT2D eigenvalue weighted by atomic mass is 9.90. The molecule has 0 aromatic heterocycles. The summed E-state index contributed by atoms with van der Waals surface area (Å²) in [5.41, 5.74) is 2.42. The van der Waals surface area contributed by atoms with Crippen molar-refractivity contribution >= 4 is 11.6 Å². The predicted octanol–water partition coefficient (Wildman–Crippen LogP) is 1.61. The number of benzene rings is 2. The zero-order valence-corrected chi connectivity index (χ0v) is 17.7. The first-order valence-corrected chi connectivity index (χ1v) is 10.8. The monoisotopic (exact) mass is 450 g/mol. The molecular weight excluding hydrogens is 424 g/mol. The molecule has 2 aromatic carbocycles. The third-order valence-corrected chi connectivity index (χ3v) is 6.14. The zero-order chi connectivity index (χ0) is 22.0. The van der Waals surface area contributed by atoms with E-state index in [1.807, 2.05) is 30.3 Å². The van der Waals surface area contributed by atoms with Gasteiger partial charge in [0.25, 0.3) is 0 Å². The van der Waals surface area contributed by atoms with Gasteiger partial charge in [0, 0.05) is 11.4 Å². The normalized spacial score (nSPS) is 31.0. The average molecular weight is 451 g/mol. The number of hydrogen-bond donors (Lipinski definition) is 4. The van der Waals surface area contributed by atoms with Gasteiger partial charge in [-0.1, -0.05) is 35.9 Å².